The number of hydrogen-bond acceptors (Lipinski definition) is 4. The summed E-state index contributed by atoms with van der Waals surface area (Å²) in [5.41, 5.74) is 2.91. The average molecular weight is 304 g/mol. The van der Waals surface area contributed by atoms with Crippen LogP contribution in [0, 0.1) is 0 Å². The van der Waals surface area contributed by atoms with Crippen LogP contribution in [0.3, 0.4) is 0 Å². The van der Waals surface area contributed by atoms with Crippen molar-refractivity contribution in [2.75, 3.05) is 59.2 Å². The average Bonchev–Trinajstić information content (AvgIpc) is 2.57. The molecule has 0 radical (unpaired) electrons. The van der Waals surface area contributed by atoms with Crippen LogP contribution >= 0.6 is 0 Å². The lowest BCUT2D eigenvalue weighted by Gasteiger charge is -2.27. The van der Waals surface area contributed by atoms with Crippen molar-refractivity contribution >= 4 is 0 Å². The van der Waals surface area contributed by atoms with Crippen molar-refractivity contribution in [3.8, 4) is 0 Å². The van der Waals surface area contributed by atoms with E-state index in [1.807, 2.05) is 0 Å². The number of morpholine rings is 2. The lowest BCUT2D eigenvalue weighted by molar-refractivity contribution is 0.0342. The van der Waals surface area contributed by atoms with Crippen LogP contribution in [-0.4, -0.2) is 69.0 Å². The Morgan fingerprint density at radius 3 is 2.18 bits per heavy atom. The zero-order valence-electron chi connectivity index (χ0n) is 13.5. The molecule has 0 aromatic heterocycles. The van der Waals surface area contributed by atoms with E-state index in [1.54, 1.807) is 0 Å². The van der Waals surface area contributed by atoms with Gasteiger partial charge in [0.15, 0.2) is 0 Å². The highest BCUT2D eigenvalue weighted by Crippen LogP contribution is 2.12. The van der Waals surface area contributed by atoms with Crippen molar-refractivity contribution in [2.45, 2.75) is 19.4 Å². The van der Waals surface area contributed by atoms with Crippen LogP contribution in [-0.2, 0) is 22.4 Å². The Hall–Kier alpha value is -0.940. The summed E-state index contributed by atoms with van der Waals surface area (Å²) < 4.78 is 10.8. The maximum absolute atomic E-state index is 5.42. The molecule has 2 aliphatic rings. The predicted octanol–water partition coefficient (Wildman–Crippen LogP) is 1.78. The molecule has 0 atom stereocenters. The molecule has 0 amide bonds. The van der Waals surface area contributed by atoms with E-state index in [0.29, 0.717) is 0 Å². The normalized spacial score (nSPS) is 21.1. The van der Waals surface area contributed by atoms with E-state index in [9.17, 15) is 0 Å². The molecule has 0 aliphatic carbocycles. The molecule has 3 rings (SSSR count). The molecular formula is C18H28N2O2. The molecule has 1 aromatic carbocycles. The molecule has 2 heterocycles. The van der Waals surface area contributed by atoms with Crippen molar-refractivity contribution in [1.29, 1.82) is 0 Å². The lowest BCUT2D eigenvalue weighted by Crippen LogP contribution is -2.37. The molecule has 0 saturated carbocycles. The van der Waals surface area contributed by atoms with E-state index in [1.165, 1.54) is 30.5 Å². The lowest BCUT2D eigenvalue weighted by atomic mass is 10.1. The standard InChI is InChI=1S/C18H28N2O2/c1-3-17(5-2-6-19-7-11-21-12-8-19)15-18(4-1)16-20-9-13-22-14-10-20/h1,3-4,15H,2,5-14,16H2. The first-order valence-electron chi connectivity index (χ1n) is 8.58. The van der Waals surface area contributed by atoms with Gasteiger partial charge in [-0.2, -0.15) is 0 Å². The summed E-state index contributed by atoms with van der Waals surface area (Å²) in [7, 11) is 0. The zero-order valence-corrected chi connectivity index (χ0v) is 13.5. The second kappa shape index (κ2) is 8.63. The van der Waals surface area contributed by atoms with Crippen molar-refractivity contribution in [2.24, 2.45) is 0 Å². The van der Waals surface area contributed by atoms with Gasteiger partial charge in [-0.25, -0.2) is 0 Å². The maximum atomic E-state index is 5.42. The van der Waals surface area contributed by atoms with Crippen LogP contribution in [0.5, 0.6) is 0 Å². The summed E-state index contributed by atoms with van der Waals surface area (Å²) >= 11 is 0. The van der Waals surface area contributed by atoms with Crippen molar-refractivity contribution in [1.82, 2.24) is 9.80 Å². The molecule has 0 bridgehead atoms. The van der Waals surface area contributed by atoms with Gasteiger partial charge in [-0.1, -0.05) is 24.3 Å². The third kappa shape index (κ3) is 5.06. The largest absolute Gasteiger partial charge is 0.379 e. The Bertz CT molecular complexity index is 440. The van der Waals surface area contributed by atoms with E-state index >= 15 is 0 Å². The summed E-state index contributed by atoms with van der Waals surface area (Å²) in [6, 6.07) is 9.11. The molecule has 122 valence electrons. The van der Waals surface area contributed by atoms with Gasteiger partial charge in [-0.05, 0) is 30.5 Å². The summed E-state index contributed by atoms with van der Waals surface area (Å²) in [6.07, 6.45) is 2.41. The van der Waals surface area contributed by atoms with Gasteiger partial charge in [0, 0.05) is 32.7 Å². The van der Waals surface area contributed by atoms with Gasteiger partial charge in [0.1, 0.15) is 0 Å². The Morgan fingerprint density at radius 1 is 0.818 bits per heavy atom. The van der Waals surface area contributed by atoms with Gasteiger partial charge in [0.05, 0.1) is 26.4 Å². The summed E-state index contributed by atoms with van der Waals surface area (Å²) in [6.45, 7) is 10.1. The zero-order chi connectivity index (χ0) is 15.0. The van der Waals surface area contributed by atoms with Crippen molar-refractivity contribution in [3.63, 3.8) is 0 Å². The van der Waals surface area contributed by atoms with Gasteiger partial charge >= 0.3 is 0 Å². The summed E-state index contributed by atoms with van der Waals surface area (Å²) in [4.78, 5) is 5.00. The minimum absolute atomic E-state index is 0.874. The van der Waals surface area contributed by atoms with E-state index in [0.717, 1.165) is 59.2 Å². The first-order valence-corrected chi connectivity index (χ1v) is 8.58. The van der Waals surface area contributed by atoms with E-state index in [2.05, 4.69) is 34.1 Å². The Kier molecular flexibility index (Phi) is 6.25. The van der Waals surface area contributed by atoms with Crippen LogP contribution in [0.4, 0.5) is 0 Å². The van der Waals surface area contributed by atoms with Crippen LogP contribution in [0.2, 0.25) is 0 Å². The third-order valence-electron chi connectivity index (χ3n) is 4.54. The van der Waals surface area contributed by atoms with Crippen molar-refractivity contribution in [3.05, 3.63) is 35.4 Å². The predicted molar refractivity (Wildman–Crippen MR) is 88.1 cm³/mol. The smallest absolute Gasteiger partial charge is 0.0594 e. The van der Waals surface area contributed by atoms with E-state index in [4.69, 9.17) is 9.47 Å². The number of hydrogen-bond donors (Lipinski definition) is 0. The quantitative estimate of drug-likeness (QED) is 0.800. The SMILES string of the molecule is c1cc(CCCN2CCOCC2)cc(CN2CCOCC2)c1. The molecule has 0 spiro atoms. The fourth-order valence-electron chi connectivity index (χ4n) is 3.23. The Labute approximate surface area is 134 Å². The molecule has 4 nitrogen and oxygen atoms in total. The maximum Gasteiger partial charge on any atom is 0.0594 e. The topological polar surface area (TPSA) is 24.9 Å². The van der Waals surface area contributed by atoms with Crippen LogP contribution in [0.1, 0.15) is 17.5 Å². The molecule has 1 aromatic rings. The fourth-order valence-corrected chi connectivity index (χ4v) is 3.23. The van der Waals surface area contributed by atoms with E-state index < -0.39 is 0 Å². The monoisotopic (exact) mass is 304 g/mol. The molecular weight excluding hydrogens is 276 g/mol. The highest BCUT2D eigenvalue weighted by molar-refractivity contribution is 5.23. The Morgan fingerprint density at radius 2 is 1.45 bits per heavy atom. The van der Waals surface area contributed by atoms with Crippen LogP contribution < -0.4 is 0 Å². The number of nitrogens with zero attached hydrogens (tertiary/aromatic N) is 2. The van der Waals surface area contributed by atoms with Gasteiger partial charge in [0.25, 0.3) is 0 Å². The van der Waals surface area contributed by atoms with Gasteiger partial charge in [0.2, 0.25) is 0 Å². The summed E-state index contributed by atoms with van der Waals surface area (Å²) in [5.74, 6) is 0. The minimum Gasteiger partial charge on any atom is -0.379 e. The number of benzene rings is 1. The Balaban J connectivity index is 1.43. The first kappa shape index (κ1) is 15.9. The molecule has 4 heteroatoms. The van der Waals surface area contributed by atoms with Crippen molar-refractivity contribution < 1.29 is 9.47 Å². The van der Waals surface area contributed by atoms with Gasteiger partial charge < -0.3 is 9.47 Å². The summed E-state index contributed by atoms with van der Waals surface area (Å²) in [5, 5.41) is 0. The van der Waals surface area contributed by atoms with Gasteiger partial charge in [-0.3, -0.25) is 9.80 Å². The molecule has 0 unspecified atom stereocenters. The molecule has 2 fully saturated rings. The van der Waals surface area contributed by atoms with Crippen LogP contribution in [0.15, 0.2) is 24.3 Å². The number of ether oxygens (including phenoxy) is 2. The van der Waals surface area contributed by atoms with Crippen LogP contribution in [0.25, 0.3) is 0 Å². The minimum atomic E-state index is 0.874. The molecule has 22 heavy (non-hydrogen) atoms. The molecule has 2 aliphatic heterocycles. The fraction of sp³-hybridized carbons (Fsp3) is 0.667. The second-order valence-corrected chi connectivity index (χ2v) is 6.27. The first-order chi connectivity index (χ1) is 10.9. The molecule has 2 saturated heterocycles. The highest BCUT2D eigenvalue weighted by Gasteiger charge is 2.11. The van der Waals surface area contributed by atoms with E-state index in [-0.39, 0.29) is 0 Å². The number of aryl methyl sites for hydroxylation is 1. The molecule has 0 N–H and O–H groups in total. The van der Waals surface area contributed by atoms with Gasteiger partial charge in [-0.15, -0.1) is 0 Å². The third-order valence-corrected chi connectivity index (χ3v) is 4.54. The number of rotatable bonds is 6. The highest BCUT2D eigenvalue weighted by atomic mass is 16.5. The second-order valence-electron chi connectivity index (χ2n) is 6.27.